The molecule has 0 aliphatic carbocycles. The second kappa shape index (κ2) is 4.81. The summed E-state index contributed by atoms with van der Waals surface area (Å²) in [6.07, 6.45) is 3.40. The number of hydrogen-bond donors (Lipinski definition) is 1. The molecule has 2 rings (SSSR count). The maximum absolute atomic E-state index is 12.0. The number of aromatic nitrogens is 4. The van der Waals surface area contributed by atoms with Crippen LogP contribution in [0.3, 0.4) is 0 Å². The lowest BCUT2D eigenvalue weighted by molar-refractivity contribution is -0.119. The van der Waals surface area contributed by atoms with Crippen molar-refractivity contribution in [1.29, 1.82) is 0 Å². The fourth-order valence-corrected chi connectivity index (χ4v) is 1.63. The number of anilines is 1. The number of hydrogen-bond acceptors (Lipinski definition) is 3. The highest BCUT2D eigenvalue weighted by molar-refractivity contribution is 6.31. The molecule has 2 aromatic rings. The number of halogens is 1. The Morgan fingerprint density at radius 1 is 1.50 bits per heavy atom. The molecule has 2 aromatic heterocycles. The van der Waals surface area contributed by atoms with Gasteiger partial charge >= 0.3 is 0 Å². The maximum atomic E-state index is 12.0. The summed E-state index contributed by atoms with van der Waals surface area (Å²) in [5.41, 5.74) is 0.703. The molecule has 1 amide bonds. The van der Waals surface area contributed by atoms with E-state index in [2.05, 4.69) is 15.5 Å². The van der Waals surface area contributed by atoms with Crippen LogP contribution >= 0.6 is 11.6 Å². The van der Waals surface area contributed by atoms with Crippen molar-refractivity contribution in [2.45, 2.75) is 19.9 Å². The normalized spacial score (nSPS) is 12.4. The van der Waals surface area contributed by atoms with Crippen molar-refractivity contribution >= 4 is 23.3 Å². The summed E-state index contributed by atoms with van der Waals surface area (Å²) in [4.78, 5) is 12.0. The van der Waals surface area contributed by atoms with Gasteiger partial charge in [-0.15, -0.1) is 0 Å². The van der Waals surface area contributed by atoms with Crippen molar-refractivity contribution in [3.05, 3.63) is 29.2 Å². The third kappa shape index (κ3) is 2.53. The molecule has 7 heteroatoms. The third-order valence-electron chi connectivity index (χ3n) is 2.60. The second-order valence-electron chi connectivity index (χ2n) is 4.08. The van der Waals surface area contributed by atoms with Gasteiger partial charge < -0.3 is 5.32 Å². The highest BCUT2D eigenvalue weighted by Crippen LogP contribution is 2.16. The Morgan fingerprint density at radius 2 is 2.22 bits per heavy atom. The minimum Gasteiger partial charge on any atom is -0.307 e. The average Bonchev–Trinajstić information content (AvgIpc) is 2.85. The van der Waals surface area contributed by atoms with E-state index in [1.165, 1.54) is 4.68 Å². The van der Waals surface area contributed by atoms with Gasteiger partial charge in [0.1, 0.15) is 6.04 Å². The first-order chi connectivity index (χ1) is 8.47. The van der Waals surface area contributed by atoms with Crippen molar-refractivity contribution in [2.24, 2.45) is 7.05 Å². The van der Waals surface area contributed by atoms with E-state index in [1.54, 1.807) is 44.0 Å². The number of nitrogens with one attached hydrogen (secondary N) is 1. The Hall–Kier alpha value is -1.82. The Labute approximate surface area is 110 Å². The van der Waals surface area contributed by atoms with Crippen LogP contribution in [0.15, 0.2) is 18.5 Å². The molecule has 0 aliphatic rings. The maximum Gasteiger partial charge on any atom is 0.250 e. The van der Waals surface area contributed by atoms with Gasteiger partial charge in [-0.1, -0.05) is 11.6 Å². The summed E-state index contributed by atoms with van der Waals surface area (Å²) in [7, 11) is 1.79. The number of aryl methyl sites for hydroxylation is 2. The van der Waals surface area contributed by atoms with Gasteiger partial charge in [0.05, 0.1) is 10.7 Å². The van der Waals surface area contributed by atoms with Crippen molar-refractivity contribution in [1.82, 2.24) is 19.6 Å². The largest absolute Gasteiger partial charge is 0.307 e. The first kappa shape index (κ1) is 12.6. The van der Waals surface area contributed by atoms with Crippen molar-refractivity contribution in [3.8, 4) is 0 Å². The molecule has 18 heavy (non-hydrogen) atoms. The Kier molecular flexibility index (Phi) is 3.38. The first-order valence-corrected chi connectivity index (χ1v) is 5.87. The van der Waals surface area contributed by atoms with E-state index in [0.29, 0.717) is 16.5 Å². The molecule has 0 aromatic carbocycles. The monoisotopic (exact) mass is 267 g/mol. The van der Waals surface area contributed by atoms with Crippen LogP contribution in [0.2, 0.25) is 5.02 Å². The predicted octanol–water partition coefficient (Wildman–Crippen LogP) is 1.78. The zero-order valence-corrected chi connectivity index (χ0v) is 11.1. The fraction of sp³-hybridized carbons (Fsp3) is 0.364. The van der Waals surface area contributed by atoms with Gasteiger partial charge in [0.2, 0.25) is 5.91 Å². The van der Waals surface area contributed by atoms with Gasteiger partial charge in [-0.3, -0.25) is 14.2 Å². The fourth-order valence-electron chi connectivity index (χ4n) is 1.49. The summed E-state index contributed by atoms with van der Waals surface area (Å²) in [5.74, 6) is 0.331. The number of carbonyl (C=O) groups excluding carboxylic acids is 1. The highest BCUT2D eigenvalue weighted by Gasteiger charge is 2.17. The van der Waals surface area contributed by atoms with Crippen molar-refractivity contribution in [2.75, 3.05) is 5.32 Å². The Balaban J connectivity index is 2.09. The van der Waals surface area contributed by atoms with E-state index in [-0.39, 0.29) is 5.91 Å². The summed E-state index contributed by atoms with van der Waals surface area (Å²) < 4.78 is 3.16. The molecular formula is C11H14ClN5O. The van der Waals surface area contributed by atoms with Crippen LogP contribution in [0.25, 0.3) is 0 Å². The molecule has 1 atom stereocenters. The van der Waals surface area contributed by atoms with Crippen molar-refractivity contribution < 1.29 is 4.79 Å². The van der Waals surface area contributed by atoms with Crippen LogP contribution < -0.4 is 5.32 Å². The van der Waals surface area contributed by atoms with Crippen LogP contribution in [0.5, 0.6) is 0 Å². The SMILES string of the molecule is Cc1nn(C(C)C(=O)Nc2ccn(C)n2)cc1Cl. The number of rotatable bonds is 3. The van der Waals surface area contributed by atoms with Crippen LogP contribution in [0.4, 0.5) is 5.82 Å². The van der Waals surface area contributed by atoms with Gasteiger partial charge in [-0.2, -0.15) is 10.2 Å². The van der Waals surface area contributed by atoms with Crippen molar-refractivity contribution in [3.63, 3.8) is 0 Å². The lowest BCUT2D eigenvalue weighted by atomic mass is 10.3. The molecule has 1 unspecified atom stereocenters. The summed E-state index contributed by atoms with van der Waals surface area (Å²) in [5, 5.41) is 11.5. The van der Waals surface area contributed by atoms with E-state index in [0.717, 1.165) is 0 Å². The Bertz CT molecular complexity index is 554. The van der Waals surface area contributed by atoms with E-state index in [1.807, 2.05) is 0 Å². The number of amides is 1. The Morgan fingerprint density at radius 3 is 2.72 bits per heavy atom. The lowest BCUT2D eigenvalue weighted by Crippen LogP contribution is -2.24. The lowest BCUT2D eigenvalue weighted by Gasteiger charge is -2.10. The molecule has 0 bridgehead atoms. The quantitative estimate of drug-likeness (QED) is 0.922. The number of carbonyl (C=O) groups is 1. The highest BCUT2D eigenvalue weighted by atomic mass is 35.5. The zero-order valence-electron chi connectivity index (χ0n) is 10.4. The smallest absolute Gasteiger partial charge is 0.250 e. The van der Waals surface area contributed by atoms with E-state index >= 15 is 0 Å². The van der Waals surface area contributed by atoms with E-state index in [9.17, 15) is 4.79 Å². The predicted molar refractivity (Wildman–Crippen MR) is 68.5 cm³/mol. The van der Waals surface area contributed by atoms with Crippen LogP contribution in [0.1, 0.15) is 18.7 Å². The van der Waals surface area contributed by atoms with Crippen LogP contribution in [-0.4, -0.2) is 25.5 Å². The van der Waals surface area contributed by atoms with Gasteiger partial charge in [-0.05, 0) is 13.8 Å². The molecule has 0 aliphatic heterocycles. The minimum absolute atomic E-state index is 0.187. The molecule has 0 spiro atoms. The van der Waals surface area contributed by atoms with Gasteiger partial charge in [0.15, 0.2) is 5.82 Å². The molecule has 0 saturated carbocycles. The third-order valence-corrected chi connectivity index (χ3v) is 2.97. The molecule has 0 saturated heterocycles. The topological polar surface area (TPSA) is 64.7 Å². The van der Waals surface area contributed by atoms with Gasteiger partial charge in [0.25, 0.3) is 0 Å². The minimum atomic E-state index is -0.446. The molecule has 1 N–H and O–H groups in total. The van der Waals surface area contributed by atoms with Gasteiger partial charge in [0, 0.05) is 25.5 Å². The van der Waals surface area contributed by atoms with Crippen LogP contribution in [-0.2, 0) is 11.8 Å². The molecule has 2 heterocycles. The van der Waals surface area contributed by atoms with E-state index < -0.39 is 6.04 Å². The molecule has 6 nitrogen and oxygen atoms in total. The summed E-state index contributed by atoms with van der Waals surface area (Å²) in [6, 6.07) is 1.28. The molecule has 0 fully saturated rings. The first-order valence-electron chi connectivity index (χ1n) is 5.49. The second-order valence-corrected chi connectivity index (χ2v) is 4.49. The molecular weight excluding hydrogens is 254 g/mol. The summed E-state index contributed by atoms with van der Waals surface area (Å²) in [6.45, 7) is 3.54. The standard InChI is InChI=1S/C11H14ClN5O/c1-7-9(12)6-17(14-7)8(2)11(18)13-10-4-5-16(3)15-10/h4-6,8H,1-3H3,(H,13,15,18). The van der Waals surface area contributed by atoms with Crippen LogP contribution in [0, 0.1) is 6.92 Å². The van der Waals surface area contributed by atoms with Gasteiger partial charge in [-0.25, -0.2) is 0 Å². The summed E-state index contributed by atoms with van der Waals surface area (Å²) >= 11 is 5.91. The molecule has 0 radical (unpaired) electrons. The zero-order chi connectivity index (χ0) is 13.3. The average molecular weight is 268 g/mol. The number of nitrogens with zero attached hydrogens (tertiary/aromatic N) is 4. The molecule has 96 valence electrons. The van der Waals surface area contributed by atoms with E-state index in [4.69, 9.17) is 11.6 Å².